The van der Waals surface area contributed by atoms with Crippen molar-refractivity contribution in [3.05, 3.63) is 78.8 Å². The zero-order valence-electron chi connectivity index (χ0n) is 24.2. The Morgan fingerprint density at radius 2 is 1.88 bits per heavy atom. The fraction of sp³-hybridized carbons (Fsp3) is 0.344. The van der Waals surface area contributed by atoms with E-state index in [9.17, 15) is 4.79 Å². The molecule has 1 N–H and O–H groups in total. The van der Waals surface area contributed by atoms with Gasteiger partial charge in [-0.3, -0.25) is 4.40 Å². The molecule has 2 aliphatic rings. The highest BCUT2D eigenvalue weighted by atomic mass is 16.6. The van der Waals surface area contributed by atoms with Gasteiger partial charge in [-0.25, -0.2) is 14.8 Å². The van der Waals surface area contributed by atoms with Gasteiger partial charge in [-0.1, -0.05) is 42.5 Å². The van der Waals surface area contributed by atoms with Crippen molar-refractivity contribution in [2.45, 2.75) is 57.8 Å². The third-order valence-corrected chi connectivity index (χ3v) is 8.11. The Morgan fingerprint density at radius 1 is 1.05 bits per heavy atom. The van der Waals surface area contributed by atoms with Crippen molar-refractivity contribution >= 4 is 34.3 Å². The maximum atomic E-state index is 12.8. The molecule has 5 aromatic rings. The second-order valence-electron chi connectivity index (χ2n) is 12.2. The molecule has 3 unspecified atom stereocenters. The minimum absolute atomic E-state index is 0.0504. The molecule has 0 spiro atoms. The fourth-order valence-corrected chi connectivity index (χ4v) is 6.22. The molecule has 42 heavy (non-hydrogen) atoms. The Labute approximate surface area is 244 Å². The highest BCUT2D eigenvalue weighted by molar-refractivity contribution is 5.86. The number of rotatable bonds is 5. The number of benzene rings is 2. The van der Waals surface area contributed by atoms with Crippen LogP contribution in [0.5, 0.6) is 0 Å². The first kappa shape index (κ1) is 26.2. The van der Waals surface area contributed by atoms with E-state index < -0.39 is 5.60 Å². The number of carbonyl (C=O) groups excluding carboxylic acids is 1. The summed E-state index contributed by atoms with van der Waals surface area (Å²) >= 11 is 0. The fourth-order valence-electron chi connectivity index (χ4n) is 6.22. The molecule has 2 bridgehead atoms. The largest absolute Gasteiger partial charge is 0.444 e. The number of pyridine rings is 1. The quantitative estimate of drug-likeness (QED) is 0.291. The molecule has 2 aliphatic heterocycles. The third kappa shape index (κ3) is 4.76. The summed E-state index contributed by atoms with van der Waals surface area (Å²) in [4.78, 5) is 26.7. The number of aromatic nitrogens is 5. The number of nitrogens with zero attached hydrogens (tertiary/aromatic N) is 7. The lowest BCUT2D eigenvalue weighted by Gasteiger charge is -2.35. The van der Waals surface area contributed by atoms with Gasteiger partial charge in [0.25, 0.3) is 0 Å². The van der Waals surface area contributed by atoms with Crippen LogP contribution in [-0.2, 0) is 4.74 Å². The molecule has 0 saturated carbocycles. The highest BCUT2D eigenvalue weighted by Crippen LogP contribution is 2.36. The molecule has 0 aliphatic carbocycles. The van der Waals surface area contributed by atoms with Crippen LogP contribution in [0, 0.1) is 0 Å². The van der Waals surface area contributed by atoms with Crippen LogP contribution in [-0.4, -0.2) is 66.3 Å². The molecule has 7 rings (SSSR count). The second-order valence-corrected chi connectivity index (χ2v) is 12.2. The first-order chi connectivity index (χ1) is 20.2. The number of carbonyl (C=O) groups is 1. The molecule has 2 aromatic carbocycles. The number of ether oxygens (including phenoxy) is 1. The van der Waals surface area contributed by atoms with E-state index >= 15 is 0 Å². The summed E-state index contributed by atoms with van der Waals surface area (Å²) in [6, 6.07) is 21.0. The summed E-state index contributed by atoms with van der Waals surface area (Å²) in [6.07, 6.45) is 4.13. The molecule has 0 radical (unpaired) electrons. The number of amides is 1. The number of hydrogen-bond acceptors (Lipinski definition) is 8. The Bertz CT molecular complexity index is 1790. The van der Waals surface area contributed by atoms with Crippen LogP contribution in [0.4, 0.5) is 16.6 Å². The van der Waals surface area contributed by atoms with Crippen LogP contribution >= 0.6 is 0 Å². The molecule has 2 fully saturated rings. The van der Waals surface area contributed by atoms with Crippen LogP contribution in [0.2, 0.25) is 0 Å². The number of hydrogen-bond donors (Lipinski definition) is 1. The van der Waals surface area contributed by atoms with Gasteiger partial charge in [-0.05, 0) is 62.6 Å². The first-order valence-corrected chi connectivity index (χ1v) is 14.4. The summed E-state index contributed by atoms with van der Waals surface area (Å²) < 4.78 is 7.58. The molecule has 1 amide bonds. The van der Waals surface area contributed by atoms with Crippen molar-refractivity contribution in [2.75, 3.05) is 23.3 Å². The summed E-state index contributed by atoms with van der Waals surface area (Å²) in [5, 5.41) is 14.5. The Hall–Kier alpha value is -4.73. The number of likely N-dealkylation sites (tertiary alicyclic amines) is 1. The third-order valence-electron chi connectivity index (χ3n) is 8.11. The lowest BCUT2D eigenvalue weighted by Crippen LogP contribution is -2.50. The van der Waals surface area contributed by atoms with Crippen LogP contribution in [0.25, 0.3) is 27.7 Å². The van der Waals surface area contributed by atoms with Crippen molar-refractivity contribution in [1.29, 1.82) is 0 Å². The molecule has 5 heterocycles. The number of piperazine rings is 1. The monoisotopic (exact) mass is 562 g/mol. The van der Waals surface area contributed by atoms with Crippen molar-refractivity contribution in [2.24, 2.45) is 0 Å². The first-order valence-electron chi connectivity index (χ1n) is 14.4. The van der Waals surface area contributed by atoms with Crippen LogP contribution in [0.3, 0.4) is 0 Å². The molecular weight excluding hydrogens is 528 g/mol. The smallest absolute Gasteiger partial charge is 0.410 e. The van der Waals surface area contributed by atoms with Crippen molar-refractivity contribution in [1.82, 2.24) is 29.5 Å². The van der Waals surface area contributed by atoms with E-state index in [0.717, 1.165) is 35.1 Å². The molecule has 3 atom stereocenters. The van der Waals surface area contributed by atoms with Crippen molar-refractivity contribution < 1.29 is 9.53 Å². The van der Waals surface area contributed by atoms with Crippen LogP contribution in [0.15, 0.2) is 73.2 Å². The second kappa shape index (κ2) is 9.97. The standard InChI is InChI=1S/C32H34N8O2/c1-20(25-11-7-9-21-8-5-6-10-26(21)25)35-28-14-22(12-13-33-28)27-16-29-37-34-19-40(29)30(36-27)38-17-24-15-23(38)18-39(24)31(41)42-32(2,3)4/h5-14,16,19-20,23-24H,15,17-18H2,1-4H3,(H,33,35). The Balaban J connectivity index is 1.15. The molecule has 10 heteroatoms. The number of fused-ring (bicyclic) bond motifs is 4. The summed E-state index contributed by atoms with van der Waals surface area (Å²) in [5.74, 6) is 1.55. The topological polar surface area (TPSA) is 101 Å². The predicted molar refractivity (Wildman–Crippen MR) is 162 cm³/mol. The van der Waals surface area contributed by atoms with Gasteiger partial charge in [0, 0.05) is 30.9 Å². The van der Waals surface area contributed by atoms with Crippen LogP contribution < -0.4 is 10.2 Å². The van der Waals surface area contributed by atoms with Gasteiger partial charge in [-0.15, -0.1) is 10.2 Å². The lowest BCUT2D eigenvalue weighted by atomic mass is 9.99. The molecule has 10 nitrogen and oxygen atoms in total. The van der Waals surface area contributed by atoms with E-state index in [1.807, 2.05) is 48.3 Å². The van der Waals surface area contributed by atoms with Crippen LogP contribution in [0.1, 0.15) is 45.7 Å². The van der Waals surface area contributed by atoms with Gasteiger partial charge in [0.05, 0.1) is 23.8 Å². The van der Waals surface area contributed by atoms with Crippen molar-refractivity contribution in [3.8, 4) is 11.3 Å². The zero-order chi connectivity index (χ0) is 29.0. The highest BCUT2D eigenvalue weighted by Gasteiger charge is 2.47. The van der Waals surface area contributed by atoms with Gasteiger partial charge in [0.2, 0.25) is 5.95 Å². The summed E-state index contributed by atoms with van der Waals surface area (Å²) in [5.41, 5.74) is 3.14. The van der Waals surface area contributed by atoms with Gasteiger partial charge in [0.15, 0.2) is 5.65 Å². The van der Waals surface area contributed by atoms with Gasteiger partial charge >= 0.3 is 6.09 Å². The van der Waals surface area contributed by atoms with E-state index in [2.05, 4.69) is 74.8 Å². The molecule has 3 aromatic heterocycles. The predicted octanol–water partition coefficient (Wildman–Crippen LogP) is 5.71. The van der Waals surface area contributed by atoms with E-state index in [-0.39, 0.29) is 24.2 Å². The van der Waals surface area contributed by atoms with Gasteiger partial charge in [-0.2, -0.15) is 0 Å². The van der Waals surface area contributed by atoms with E-state index in [1.165, 1.54) is 16.3 Å². The van der Waals surface area contributed by atoms with Gasteiger partial charge < -0.3 is 19.9 Å². The Kier molecular flexibility index (Phi) is 6.22. The maximum Gasteiger partial charge on any atom is 0.410 e. The minimum Gasteiger partial charge on any atom is -0.444 e. The summed E-state index contributed by atoms with van der Waals surface area (Å²) in [7, 11) is 0. The average molecular weight is 563 g/mol. The van der Waals surface area contributed by atoms with Gasteiger partial charge in [0.1, 0.15) is 17.7 Å². The van der Waals surface area contributed by atoms with E-state index in [1.54, 1.807) is 12.5 Å². The number of nitrogens with one attached hydrogen (secondary N) is 1. The molecular formula is C32H34N8O2. The zero-order valence-corrected chi connectivity index (χ0v) is 24.2. The maximum absolute atomic E-state index is 12.8. The normalized spacial score (nSPS) is 19.0. The average Bonchev–Trinajstić information content (AvgIpc) is 3.72. The molecule has 2 saturated heterocycles. The number of anilines is 2. The lowest BCUT2D eigenvalue weighted by molar-refractivity contribution is 0.0214. The summed E-state index contributed by atoms with van der Waals surface area (Å²) in [6.45, 7) is 9.12. The molecule has 214 valence electrons. The van der Waals surface area contributed by atoms with E-state index in [0.29, 0.717) is 13.1 Å². The minimum atomic E-state index is -0.520. The Morgan fingerprint density at radius 3 is 2.69 bits per heavy atom. The van der Waals surface area contributed by atoms with E-state index in [4.69, 9.17) is 9.72 Å². The van der Waals surface area contributed by atoms with Crippen molar-refractivity contribution in [3.63, 3.8) is 0 Å². The SMILES string of the molecule is CC(Nc1cc(-c2cc3nncn3c(N3CC4CC3CN4C(=O)OC(C)(C)C)n2)ccn1)c1cccc2ccccc12.